The molecule has 4 rings (SSSR count). The Kier molecular flexibility index (Phi) is 5.19. The van der Waals surface area contributed by atoms with Gasteiger partial charge in [-0.05, 0) is 43.5 Å². The van der Waals surface area contributed by atoms with Crippen LogP contribution in [0.15, 0.2) is 45.5 Å². The molecule has 2 aromatic rings. The minimum atomic E-state index is -3.35. The summed E-state index contributed by atoms with van der Waals surface area (Å²) in [6, 6.07) is 12.1. The molecule has 3 atom stereocenters. The molecular weight excluding hydrogens is 402 g/mol. The number of amides is 1. The quantitative estimate of drug-likeness (QED) is 0.665. The van der Waals surface area contributed by atoms with E-state index >= 15 is 0 Å². The van der Waals surface area contributed by atoms with Gasteiger partial charge in [0, 0.05) is 23.0 Å². The molecule has 2 saturated heterocycles. The molecular formula is C18H21N3O3S3. The first kappa shape index (κ1) is 18.8. The van der Waals surface area contributed by atoms with Crippen LogP contribution in [0.2, 0.25) is 0 Å². The number of fused-ring (bicyclic) bond motifs is 2. The second-order valence-electron chi connectivity index (χ2n) is 6.95. The average Bonchev–Trinajstić information content (AvgIpc) is 3.32. The van der Waals surface area contributed by atoms with Crippen LogP contribution in [0, 0.1) is 0 Å². The van der Waals surface area contributed by atoms with Gasteiger partial charge in [0.1, 0.15) is 0 Å². The predicted molar refractivity (Wildman–Crippen MR) is 109 cm³/mol. The maximum absolute atomic E-state index is 12.6. The normalized spacial score (nSPS) is 24.1. The summed E-state index contributed by atoms with van der Waals surface area (Å²) in [6.07, 6.45) is 4.48. The van der Waals surface area contributed by atoms with Crippen molar-refractivity contribution < 1.29 is 13.2 Å². The lowest BCUT2D eigenvalue weighted by Crippen LogP contribution is -2.42. The molecule has 2 fully saturated rings. The molecule has 0 aliphatic carbocycles. The molecule has 144 valence electrons. The second kappa shape index (κ2) is 7.46. The van der Waals surface area contributed by atoms with Gasteiger partial charge < -0.3 is 10.6 Å². The molecule has 3 N–H and O–H groups in total. The van der Waals surface area contributed by atoms with Crippen LogP contribution in [0.5, 0.6) is 0 Å². The average molecular weight is 424 g/mol. The molecule has 1 amide bonds. The maximum Gasteiger partial charge on any atom is 0.261 e. The zero-order valence-corrected chi connectivity index (χ0v) is 17.2. The number of para-hydroxylation sites is 1. The highest BCUT2D eigenvalue weighted by molar-refractivity contribution is 8.01. The number of sulfonamides is 1. The maximum atomic E-state index is 12.6. The molecule has 0 radical (unpaired) electrons. The molecule has 1 aromatic carbocycles. The van der Waals surface area contributed by atoms with E-state index in [1.54, 1.807) is 12.1 Å². The van der Waals surface area contributed by atoms with Crippen molar-refractivity contribution in [3.8, 4) is 0 Å². The van der Waals surface area contributed by atoms with Crippen LogP contribution < -0.4 is 15.4 Å². The number of nitrogens with one attached hydrogen (secondary N) is 3. The third-order valence-electron chi connectivity index (χ3n) is 4.81. The molecule has 2 bridgehead atoms. The van der Waals surface area contributed by atoms with E-state index in [9.17, 15) is 13.2 Å². The Morgan fingerprint density at radius 2 is 2.04 bits per heavy atom. The second-order valence-corrected chi connectivity index (χ2v) is 11.1. The Labute approximate surface area is 167 Å². The molecule has 2 aliphatic heterocycles. The van der Waals surface area contributed by atoms with Crippen molar-refractivity contribution in [2.75, 3.05) is 11.0 Å². The summed E-state index contributed by atoms with van der Waals surface area (Å²) < 4.78 is 26.6. The number of hydrogen-bond acceptors (Lipinski definition) is 6. The Balaban J connectivity index is 1.43. The smallest absolute Gasteiger partial charge is 0.261 e. The first-order valence-electron chi connectivity index (χ1n) is 8.79. The number of anilines is 1. The van der Waals surface area contributed by atoms with E-state index in [0.717, 1.165) is 28.2 Å². The van der Waals surface area contributed by atoms with Crippen LogP contribution in [0.1, 0.15) is 28.9 Å². The lowest BCUT2D eigenvalue weighted by atomic mass is 9.95. The number of benzene rings is 1. The van der Waals surface area contributed by atoms with Crippen molar-refractivity contribution in [2.45, 2.75) is 46.5 Å². The van der Waals surface area contributed by atoms with E-state index in [4.69, 9.17) is 0 Å². The van der Waals surface area contributed by atoms with E-state index in [1.807, 2.05) is 24.3 Å². The summed E-state index contributed by atoms with van der Waals surface area (Å²) in [6.45, 7) is 0. The Hall–Kier alpha value is -1.55. The highest BCUT2D eigenvalue weighted by Gasteiger charge is 2.39. The number of carbonyl (C=O) groups is 1. The van der Waals surface area contributed by atoms with Gasteiger partial charge >= 0.3 is 0 Å². The number of carbonyl (C=O) groups excluding carboxylic acids is 1. The third kappa shape index (κ3) is 4.48. The standard InChI is InChI=1S/C18H21N3O3S3/c1-27(23,24)21-13-4-2-3-5-15(13)25-17-9-8-16(26-17)18(22)20-14-10-11-6-7-12(14)19-11/h2-5,8-9,11-12,14,19,21H,6-7,10H2,1H3,(H,20,22). The van der Waals surface area contributed by atoms with Gasteiger partial charge in [-0.3, -0.25) is 9.52 Å². The fourth-order valence-corrected chi connectivity index (χ4v) is 6.38. The van der Waals surface area contributed by atoms with Crippen LogP contribution >= 0.6 is 23.1 Å². The fraction of sp³-hybridized carbons (Fsp3) is 0.389. The van der Waals surface area contributed by atoms with Gasteiger partial charge in [0.25, 0.3) is 5.91 Å². The minimum Gasteiger partial charge on any atom is -0.347 e. The first-order chi connectivity index (χ1) is 12.9. The summed E-state index contributed by atoms with van der Waals surface area (Å²) in [4.78, 5) is 14.0. The molecule has 2 aliphatic rings. The lowest BCUT2D eigenvalue weighted by Gasteiger charge is -2.20. The van der Waals surface area contributed by atoms with Crippen molar-refractivity contribution >= 4 is 44.7 Å². The zero-order chi connectivity index (χ0) is 19.0. The fourth-order valence-electron chi connectivity index (χ4n) is 3.67. The van der Waals surface area contributed by atoms with E-state index in [-0.39, 0.29) is 11.9 Å². The monoisotopic (exact) mass is 423 g/mol. The van der Waals surface area contributed by atoms with E-state index in [0.29, 0.717) is 22.6 Å². The Morgan fingerprint density at radius 3 is 2.74 bits per heavy atom. The van der Waals surface area contributed by atoms with Crippen LogP contribution in [-0.2, 0) is 10.0 Å². The summed E-state index contributed by atoms with van der Waals surface area (Å²) in [5.74, 6) is -0.0336. The van der Waals surface area contributed by atoms with Crippen molar-refractivity contribution in [3.05, 3.63) is 41.3 Å². The van der Waals surface area contributed by atoms with Gasteiger partial charge in [-0.15, -0.1) is 11.3 Å². The van der Waals surface area contributed by atoms with Crippen molar-refractivity contribution in [3.63, 3.8) is 0 Å². The third-order valence-corrected chi connectivity index (χ3v) is 7.70. The first-order valence-corrected chi connectivity index (χ1v) is 12.3. The van der Waals surface area contributed by atoms with Crippen molar-refractivity contribution in [1.82, 2.24) is 10.6 Å². The van der Waals surface area contributed by atoms with Gasteiger partial charge in [0.2, 0.25) is 10.0 Å². The van der Waals surface area contributed by atoms with Gasteiger partial charge in [-0.25, -0.2) is 8.42 Å². The Morgan fingerprint density at radius 1 is 1.22 bits per heavy atom. The summed E-state index contributed by atoms with van der Waals surface area (Å²) >= 11 is 2.87. The highest BCUT2D eigenvalue weighted by Crippen LogP contribution is 2.38. The number of rotatable bonds is 6. The van der Waals surface area contributed by atoms with E-state index in [1.165, 1.54) is 29.5 Å². The van der Waals surface area contributed by atoms with Gasteiger partial charge in [-0.1, -0.05) is 23.9 Å². The summed E-state index contributed by atoms with van der Waals surface area (Å²) in [5.41, 5.74) is 0.539. The predicted octanol–water partition coefficient (Wildman–Crippen LogP) is 2.89. The number of hydrogen-bond donors (Lipinski definition) is 3. The SMILES string of the molecule is CS(=O)(=O)Nc1ccccc1Sc1ccc(C(=O)NC2CC3CCC2N3)s1. The summed E-state index contributed by atoms with van der Waals surface area (Å²) in [7, 11) is -3.35. The van der Waals surface area contributed by atoms with Crippen LogP contribution in [-0.4, -0.2) is 38.7 Å². The molecule has 9 heteroatoms. The lowest BCUT2D eigenvalue weighted by molar-refractivity contribution is 0.0935. The topological polar surface area (TPSA) is 87.3 Å². The van der Waals surface area contributed by atoms with Gasteiger partial charge in [-0.2, -0.15) is 0 Å². The molecule has 0 saturated carbocycles. The van der Waals surface area contributed by atoms with Crippen LogP contribution in [0.4, 0.5) is 5.69 Å². The molecule has 27 heavy (non-hydrogen) atoms. The minimum absolute atomic E-state index is 0.0336. The molecule has 1 aromatic heterocycles. The van der Waals surface area contributed by atoms with Gasteiger partial charge in [0.15, 0.2) is 0 Å². The van der Waals surface area contributed by atoms with Gasteiger partial charge in [0.05, 0.1) is 21.0 Å². The zero-order valence-electron chi connectivity index (χ0n) is 14.8. The van der Waals surface area contributed by atoms with E-state index < -0.39 is 10.0 Å². The van der Waals surface area contributed by atoms with Crippen LogP contribution in [0.3, 0.4) is 0 Å². The van der Waals surface area contributed by atoms with E-state index in [2.05, 4.69) is 15.4 Å². The highest BCUT2D eigenvalue weighted by atomic mass is 32.2. The molecule has 0 spiro atoms. The largest absolute Gasteiger partial charge is 0.347 e. The molecule has 6 nitrogen and oxygen atoms in total. The molecule has 3 unspecified atom stereocenters. The summed E-state index contributed by atoms with van der Waals surface area (Å²) in [5, 5.41) is 6.68. The molecule has 3 heterocycles. The van der Waals surface area contributed by atoms with Crippen molar-refractivity contribution in [2.24, 2.45) is 0 Å². The van der Waals surface area contributed by atoms with Crippen molar-refractivity contribution in [1.29, 1.82) is 0 Å². The van der Waals surface area contributed by atoms with Crippen LogP contribution in [0.25, 0.3) is 0 Å². The number of thiophene rings is 1. The Bertz CT molecular complexity index is 958.